The van der Waals surface area contributed by atoms with Gasteiger partial charge in [0.05, 0.1) is 6.10 Å². The van der Waals surface area contributed by atoms with Crippen LogP contribution >= 0.6 is 0 Å². The zero-order chi connectivity index (χ0) is 16.2. The molecule has 2 N–H and O–H groups in total. The topological polar surface area (TPSA) is 52.6 Å². The van der Waals surface area contributed by atoms with Crippen LogP contribution < -0.4 is 5.32 Å². The van der Waals surface area contributed by atoms with Crippen LogP contribution in [-0.2, 0) is 6.42 Å². The lowest BCUT2D eigenvalue weighted by Crippen LogP contribution is -2.38. The lowest BCUT2D eigenvalue weighted by molar-refractivity contribution is 0.0701. The highest BCUT2D eigenvalue weighted by Gasteiger charge is 2.19. The van der Waals surface area contributed by atoms with Gasteiger partial charge < -0.3 is 15.3 Å². The molecule has 124 valence electrons. The lowest BCUT2D eigenvalue weighted by Gasteiger charge is -2.29. The maximum atomic E-state index is 12.4. The third kappa shape index (κ3) is 4.01. The number of allylic oxidation sites excluding steroid dienone is 2. The summed E-state index contributed by atoms with van der Waals surface area (Å²) in [6.07, 6.45) is 6.70. The van der Waals surface area contributed by atoms with Crippen molar-refractivity contribution < 1.29 is 9.90 Å². The maximum absolute atomic E-state index is 12.4. The van der Waals surface area contributed by atoms with Crippen LogP contribution in [0.3, 0.4) is 0 Å². The number of β-amino-alcohol motifs (C(OH)–C–C–N with tert-alkyl or cyclic N) is 1. The number of carbonyl (C=O) groups excluding carboxylic acids is 1. The molecule has 0 bridgehead atoms. The monoisotopic (exact) mass is 314 g/mol. The van der Waals surface area contributed by atoms with Gasteiger partial charge in [0.15, 0.2) is 0 Å². The largest absolute Gasteiger partial charge is 0.392 e. The van der Waals surface area contributed by atoms with E-state index in [4.69, 9.17) is 0 Å². The second-order valence-electron chi connectivity index (χ2n) is 6.69. The fourth-order valence-corrected chi connectivity index (χ4v) is 3.57. The number of fused-ring (bicyclic) bond motifs is 1. The highest BCUT2D eigenvalue weighted by molar-refractivity contribution is 5.97. The number of benzene rings is 1. The van der Waals surface area contributed by atoms with Crippen LogP contribution in [0.15, 0.2) is 30.0 Å². The van der Waals surface area contributed by atoms with Crippen molar-refractivity contribution in [3.8, 4) is 0 Å². The molecule has 1 fully saturated rings. The third-order valence-corrected chi connectivity index (χ3v) is 4.88. The molecule has 23 heavy (non-hydrogen) atoms. The minimum absolute atomic E-state index is 0.0147. The SMILES string of the molecule is Cc1cccc2c1CC=C(CCCN1CCCC(O)C1)NC2=O. The van der Waals surface area contributed by atoms with Crippen LogP contribution in [0.5, 0.6) is 0 Å². The minimum atomic E-state index is -0.168. The highest BCUT2D eigenvalue weighted by Crippen LogP contribution is 2.20. The van der Waals surface area contributed by atoms with Gasteiger partial charge in [0, 0.05) is 17.8 Å². The second-order valence-corrected chi connectivity index (χ2v) is 6.69. The van der Waals surface area contributed by atoms with Gasteiger partial charge in [-0.05, 0) is 69.3 Å². The number of aliphatic hydroxyl groups excluding tert-OH is 1. The first kappa shape index (κ1) is 16.2. The molecule has 0 aliphatic carbocycles. The summed E-state index contributed by atoms with van der Waals surface area (Å²) in [6.45, 7) is 4.91. The Bertz CT molecular complexity index is 609. The molecule has 4 heteroatoms. The molecule has 4 nitrogen and oxygen atoms in total. The Hall–Kier alpha value is -1.65. The molecule has 0 aromatic heterocycles. The number of amides is 1. The van der Waals surface area contributed by atoms with Gasteiger partial charge in [0.2, 0.25) is 0 Å². The van der Waals surface area contributed by atoms with E-state index in [0.717, 1.165) is 68.6 Å². The zero-order valence-corrected chi connectivity index (χ0v) is 13.8. The Morgan fingerprint density at radius 3 is 3.09 bits per heavy atom. The molecular formula is C19H26N2O2. The molecule has 1 aromatic carbocycles. The van der Waals surface area contributed by atoms with Crippen LogP contribution in [0.1, 0.15) is 47.2 Å². The first-order valence-corrected chi connectivity index (χ1v) is 8.63. The number of aryl methyl sites for hydroxylation is 1. The molecule has 0 radical (unpaired) electrons. The van der Waals surface area contributed by atoms with Gasteiger partial charge in [0.1, 0.15) is 0 Å². The molecule has 0 saturated carbocycles. The van der Waals surface area contributed by atoms with Crippen molar-refractivity contribution >= 4 is 5.91 Å². The number of piperidine rings is 1. The first-order valence-electron chi connectivity index (χ1n) is 8.63. The molecule has 1 unspecified atom stereocenters. The zero-order valence-electron chi connectivity index (χ0n) is 13.8. The Balaban J connectivity index is 1.56. The molecule has 1 aromatic rings. The van der Waals surface area contributed by atoms with Crippen molar-refractivity contribution in [1.29, 1.82) is 0 Å². The summed E-state index contributed by atoms with van der Waals surface area (Å²) in [7, 11) is 0. The third-order valence-electron chi connectivity index (χ3n) is 4.88. The van der Waals surface area contributed by atoms with Gasteiger partial charge in [-0.25, -0.2) is 0 Å². The summed E-state index contributed by atoms with van der Waals surface area (Å²) >= 11 is 0. The smallest absolute Gasteiger partial charge is 0.255 e. The number of hydrogen-bond donors (Lipinski definition) is 2. The van der Waals surface area contributed by atoms with E-state index in [9.17, 15) is 9.90 Å². The van der Waals surface area contributed by atoms with Crippen molar-refractivity contribution in [3.05, 3.63) is 46.7 Å². The van der Waals surface area contributed by atoms with Crippen LogP contribution in [0.25, 0.3) is 0 Å². The number of likely N-dealkylation sites (tertiary alicyclic amines) is 1. The Kier molecular flexibility index (Phi) is 5.13. The predicted molar refractivity (Wildman–Crippen MR) is 91.3 cm³/mol. The van der Waals surface area contributed by atoms with E-state index in [1.807, 2.05) is 12.1 Å². The van der Waals surface area contributed by atoms with Crippen LogP contribution in [0.4, 0.5) is 0 Å². The van der Waals surface area contributed by atoms with E-state index in [2.05, 4.69) is 29.3 Å². The van der Waals surface area contributed by atoms with E-state index in [0.29, 0.717) is 0 Å². The fraction of sp³-hybridized carbons (Fsp3) is 0.526. The standard InChI is InChI=1S/C19H26N2O2/c1-14-5-2-8-18-17(14)10-9-15(20-19(18)23)6-3-11-21-12-4-7-16(22)13-21/h2,5,8-9,16,22H,3-4,6-7,10-13H2,1H3,(H,20,23). The molecule has 1 atom stereocenters. The van der Waals surface area contributed by atoms with Crippen LogP contribution in [0.2, 0.25) is 0 Å². The van der Waals surface area contributed by atoms with E-state index in [-0.39, 0.29) is 12.0 Å². The number of rotatable bonds is 4. The molecule has 2 aliphatic rings. The van der Waals surface area contributed by atoms with Crippen molar-refractivity contribution in [2.75, 3.05) is 19.6 Å². The molecule has 0 spiro atoms. The molecule has 3 rings (SSSR count). The summed E-state index contributed by atoms with van der Waals surface area (Å²) in [4.78, 5) is 14.7. The average molecular weight is 314 g/mol. The van der Waals surface area contributed by atoms with E-state index >= 15 is 0 Å². The molecule has 1 amide bonds. The Labute approximate surface area is 138 Å². The van der Waals surface area contributed by atoms with Crippen LogP contribution in [-0.4, -0.2) is 41.7 Å². The molecule has 2 aliphatic heterocycles. The fourth-order valence-electron chi connectivity index (χ4n) is 3.57. The molecule has 1 saturated heterocycles. The van der Waals surface area contributed by atoms with Crippen molar-refractivity contribution in [2.24, 2.45) is 0 Å². The predicted octanol–water partition coefficient (Wildman–Crippen LogP) is 2.40. The highest BCUT2D eigenvalue weighted by atomic mass is 16.3. The van der Waals surface area contributed by atoms with Gasteiger partial charge in [0.25, 0.3) is 5.91 Å². The Morgan fingerprint density at radius 2 is 2.26 bits per heavy atom. The van der Waals surface area contributed by atoms with E-state index < -0.39 is 0 Å². The summed E-state index contributed by atoms with van der Waals surface area (Å²) in [5, 5.41) is 12.8. The van der Waals surface area contributed by atoms with Gasteiger partial charge >= 0.3 is 0 Å². The average Bonchev–Trinajstić information content (AvgIpc) is 2.68. The normalized spacial score (nSPS) is 22.1. The number of nitrogens with one attached hydrogen (secondary N) is 1. The maximum Gasteiger partial charge on any atom is 0.255 e. The minimum Gasteiger partial charge on any atom is -0.392 e. The van der Waals surface area contributed by atoms with Gasteiger partial charge in [-0.1, -0.05) is 18.2 Å². The second kappa shape index (κ2) is 7.28. The molecule has 2 heterocycles. The van der Waals surface area contributed by atoms with E-state index in [1.54, 1.807) is 0 Å². The van der Waals surface area contributed by atoms with Gasteiger partial charge in [-0.2, -0.15) is 0 Å². The van der Waals surface area contributed by atoms with Crippen molar-refractivity contribution in [2.45, 2.75) is 45.1 Å². The number of aliphatic hydroxyl groups is 1. The lowest BCUT2D eigenvalue weighted by atomic mass is 9.99. The summed E-state index contributed by atoms with van der Waals surface area (Å²) in [5.74, 6) is 0.0147. The quantitative estimate of drug-likeness (QED) is 0.897. The number of carbonyl (C=O) groups is 1. The van der Waals surface area contributed by atoms with E-state index in [1.165, 1.54) is 5.56 Å². The summed E-state index contributed by atoms with van der Waals surface area (Å²) in [5.41, 5.74) is 4.15. The Morgan fingerprint density at radius 1 is 1.39 bits per heavy atom. The number of nitrogens with zero attached hydrogens (tertiary/aromatic N) is 1. The van der Waals surface area contributed by atoms with Crippen molar-refractivity contribution in [3.63, 3.8) is 0 Å². The van der Waals surface area contributed by atoms with Gasteiger partial charge in [-0.3, -0.25) is 4.79 Å². The molecular weight excluding hydrogens is 288 g/mol. The first-order chi connectivity index (χ1) is 11.1. The van der Waals surface area contributed by atoms with Gasteiger partial charge in [-0.15, -0.1) is 0 Å². The van der Waals surface area contributed by atoms with Crippen molar-refractivity contribution in [1.82, 2.24) is 10.2 Å². The number of hydrogen-bond acceptors (Lipinski definition) is 3. The summed E-state index contributed by atoms with van der Waals surface area (Å²) in [6, 6.07) is 5.91. The summed E-state index contributed by atoms with van der Waals surface area (Å²) < 4.78 is 0. The van der Waals surface area contributed by atoms with Crippen LogP contribution in [0, 0.1) is 6.92 Å².